The van der Waals surface area contributed by atoms with Crippen molar-refractivity contribution in [3.63, 3.8) is 0 Å². The van der Waals surface area contributed by atoms with E-state index in [1.807, 2.05) is 0 Å². The van der Waals surface area contributed by atoms with Gasteiger partial charge in [0.2, 0.25) is 0 Å². The van der Waals surface area contributed by atoms with E-state index in [0.29, 0.717) is 12.4 Å². The number of rotatable bonds is 4. The molecule has 0 aliphatic carbocycles. The minimum Gasteiger partial charge on any atom is -0.394 e. The fraction of sp³-hybridized carbons (Fsp3) is 1.00. The standard InChI is InChI=1S/C9H18O5S/c1-5-7(11)8(12)6(4-10)14-9(5)13-2-3-15/h5-12,15H,2-4H2,1H3/t5-,6?,7+,8+,9?/m0/s1. The van der Waals surface area contributed by atoms with Crippen molar-refractivity contribution >= 4 is 12.6 Å². The Morgan fingerprint density at radius 3 is 2.53 bits per heavy atom. The maximum absolute atomic E-state index is 9.68. The van der Waals surface area contributed by atoms with Crippen LogP contribution in [0.1, 0.15) is 6.92 Å². The fourth-order valence-corrected chi connectivity index (χ4v) is 1.68. The lowest BCUT2D eigenvalue weighted by Gasteiger charge is -2.40. The Kier molecular flexibility index (Phi) is 5.31. The summed E-state index contributed by atoms with van der Waals surface area (Å²) in [5.74, 6) is 0.220. The van der Waals surface area contributed by atoms with Crippen molar-refractivity contribution in [2.75, 3.05) is 19.0 Å². The van der Waals surface area contributed by atoms with E-state index in [1.165, 1.54) is 0 Å². The van der Waals surface area contributed by atoms with Gasteiger partial charge in [0, 0.05) is 11.7 Å². The smallest absolute Gasteiger partial charge is 0.163 e. The van der Waals surface area contributed by atoms with Gasteiger partial charge in [0.15, 0.2) is 6.29 Å². The van der Waals surface area contributed by atoms with Crippen LogP contribution in [-0.2, 0) is 9.47 Å². The van der Waals surface area contributed by atoms with E-state index in [0.717, 1.165) is 0 Å². The minimum atomic E-state index is -1.07. The molecule has 0 radical (unpaired) electrons. The van der Waals surface area contributed by atoms with Crippen molar-refractivity contribution in [2.24, 2.45) is 5.92 Å². The summed E-state index contributed by atoms with van der Waals surface area (Å²) in [5, 5.41) is 28.2. The van der Waals surface area contributed by atoms with Gasteiger partial charge in [0.05, 0.1) is 19.3 Å². The molecular formula is C9H18O5S. The van der Waals surface area contributed by atoms with Gasteiger partial charge in [-0.05, 0) is 0 Å². The largest absolute Gasteiger partial charge is 0.394 e. The fourth-order valence-electron chi connectivity index (χ4n) is 1.58. The van der Waals surface area contributed by atoms with E-state index in [1.54, 1.807) is 6.92 Å². The second kappa shape index (κ2) is 6.03. The van der Waals surface area contributed by atoms with Crippen LogP contribution in [0.5, 0.6) is 0 Å². The van der Waals surface area contributed by atoms with Crippen LogP contribution in [0.2, 0.25) is 0 Å². The third-order valence-corrected chi connectivity index (χ3v) is 2.74. The number of aliphatic hydroxyl groups is 3. The van der Waals surface area contributed by atoms with Crippen molar-refractivity contribution in [3.05, 3.63) is 0 Å². The monoisotopic (exact) mass is 238 g/mol. The Morgan fingerprint density at radius 2 is 2.00 bits per heavy atom. The molecule has 1 fully saturated rings. The van der Waals surface area contributed by atoms with E-state index < -0.39 is 24.6 Å². The van der Waals surface area contributed by atoms with E-state index in [-0.39, 0.29) is 12.5 Å². The highest BCUT2D eigenvalue weighted by molar-refractivity contribution is 7.80. The summed E-state index contributed by atoms with van der Waals surface area (Å²) in [7, 11) is 0. The molecule has 1 rings (SSSR count). The third-order valence-electron chi connectivity index (χ3n) is 2.56. The lowest BCUT2D eigenvalue weighted by Crippen LogP contribution is -2.55. The van der Waals surface area contributed by atoms with Gasteiger partial charge in [0.25, 0.3) is 0 Å². The van der Waals surface area contributed by atoms with Crippen molar-refractivity contribution in [1.82, 2.24) is 0 Å². The summed E-state index contributed by atoms with van der Waals surface area (Å²) in [4.78, 5) is 0. The number of ether oxygens (including phenoxy) is 2. The Bertz CT molecular complexity index is 189. The van der Waals surface area contributed by atoms with Gasteiger partial charge in [-0.2, -0.15) is 12.6 Å². The molecule has 0 amide bonds. The molecule has 0 bridgehead atoms. The zero-order valence-electron chi connectivity index (χ0n) is 8.61. The Balaban J connectivity index is 2.57. The maximum atomic E-state index is 9.68. The molecule has 3 N–H and O–H groups in total. The summed E-state index contributed by atoms with van der Waals surface area (Å²) in [6.45, 7) is 1.79. The molecule has 1 saturated heterocycles. The van der Waals surface area contributed by atoms with E-state index >= 15 is 0 Å². The van der Waals surface area contributed by atoms with Crippen molar-refractivity contribution in [3.8, 4) is 0 Å². The lowest BCUT2D eigenvalue weighted by atomic mass is 9.92. The third kappa shape index (κ3) is 3.05. The van der Waals surface area contributed by atoms with Gasteiger partial charge < -0.3 is 24.8 Å². The second-order valence-corrected chi connectivity index (χ2v) is 4.11. The van der Waals surface area contributed by atoms with Crippen LogP contribution in [0.25, 0.3) is 0 Å². The minimum absolute atomic E-state index is 0.331. The molecule has 15 heavy (non-hydrogen) atoms. The molecule has 5 nitrogen and oxygen atoms in total. The van der Waals surface area contributed by atoms with Gasteiger partial charge in [-0.3, -0.25) is 0 Å². The first kappa shape index (κ1) is 13.2. The number of hydrogen-bond donors (Lipinski definition) is 4. The molecule has 90 valence electrons. The second-order valence-electron chi connectivity index (χ2n) is 3.66. The highest BCUT2D eigenvalue weighted by atomic mass is 32.1. The molecule has 2 unspecified atom stereocenters. The van der Waals surface area contributed by atoms with Gasteiger partial charge in [0.1, 0.15) is 12.2 Å². The van der Waals surface area contributed by atoms with Crippen LogP contribution < -0.4 is 0 Å². The highest BCUT2D eigenvalue weighted by Gasteiger charge is 2.42. The molecule has 0 aromatic heterocycles. The molecule has 0 aromatic carbocycles. The van der Waals surface area contributed by atoms with Crippen LogP contribution in [0, 0.1) is 5.92 Å². The van der Waals surface area contributed by atoms with E-state index in [4.69, 9.17) is 14.6 Å². The average molecular weight is 238 g/mol. The topological polar surface area (TPSA) is 79.2 Å². The first-order chi connectivity index (χ1) is 7.11. The van der Waals surface area contributed by atoms with Crippen LogP contribution in [0.3, 0.4) is 0 Å². The first-order valence-electron chi connectivity index (χ1n) is 4.96. The lowest BCUT2D eigenvalue weighted by molar-refractivity contribution is -0.280. The molecule has 1 heterocycles. The summed E-state index contributed by atoms with van der Waals surface area (Å²) in [5.41, 5.74) is 0. The molecule has 0 aromatic rings. The van der Waals surface area contributed by atoms with Crippen LogP contribution in [0.4, 0.5) is 0 Å². The summed E-state index contributed by atoms with van der Waals surface area (Å²) in [6.07, 6.45) is -3.41. The zero-order chi connectivity index (χ0) is 11.4. The zero-order valence-corrected chi connectivity index (χ0v) is 9.51. The van der Waals surface area contributed by atoms with Gasteiger partial charge in [-0.15, -0.1) is 0 Å². The molecule has 6 heteroatoms. The van der Waals surface area contributed by atoms with E-state index in [9.17, 15) is 10.2 Å². The normalized spacial score (nSPS) is 41.8. The number of hydrogen-bond acceptors (Lipinski definition) is 6. The summed E-state index contributed by atoms with van der Waals surface area (Å²) in [6, 6.07) is 0. The Morgan fingerprint density at radius 1 is 1.33 bits per heavy atom. The molecule has 1 aliphatic rings. The average Bonchev–Trinajstić information content (AvgIpc) is 2.25. The number of thiol groups is 1. The molecule has 5 atom stereocenters. The predicted octanol–water partition coefficient (Wildman–Crippen LogP) is -0.992. The first-order valence-corrected chi connectivity index (χ1v) is 5.60. The van der Waals surface area contributed by atoms with Crippen molar-refractivity contribution in [1.29, 1.82) is 0 Å². The van der Waals surface area contributed by atoms with Crippen LogP contribution >= 0.6 is 12.6 Å². The SMILES string of the molecule is C[C@@H]1C(OCCS)OC(CO)[C@@H](O)[C@@H]1O. The summed E-state index contributed by atoms with van der Waals surface area (Å²) < 4.78 is 10.6. The van der Waals surface area contributed by atoms with Gasteiger partial charge >= 0.3 is 0 Å². The van der Waals surface area contributed by atoms with Gasteiger partial charge in [-0.1, -0.05) is 6.92 Å². The van der Waals surface area contributed by atoms with E-state index in [2.05, 4.69) is 12.6 Å². The number of aliphatic hydroxyl groups excluding tert-OH is 3. The maximum Gasteiger partial charge on any atom is 0.163 e. The van der Waals surface area contributed by atoms with Gasteiger partial charge in [-0.25, -0.2) is 0 Å². The highest BCUT2D eigenvalue weighted by Crippen LogP contribution is 2.26. The van der Waals surface area contributed by atoms with Crippen LogP contribution in [-0.4, -0.2) is 58.9 Å². The summed E-state index contributed by atoms with van der Waals surface area (Å²) >= 11 is 3.99. The molecule has 1 aliphatic heterocycles. The molecule has 0 saturated carbocycles. The Labute approximate surface area is 94.4 Å². The molecule has 0 spiro atoms. The quantitative estimate of drug-likeness (QED) is 0.473. The van der Waals surface area contributed by atoms with Crippen LogP contribution in [0.15, 0.2) is 0 Å². The Hall–Kier alpha value is 0.150. The van der Waals surface area contributed by atoms with Crippen molar-refractivity contribution in [2.45, 2.75) is 31.5 Å². The predicted molar refractivity (Wildman–Crippen MR) is 56.7 cm³/mol. The van der Waals surface area contributed by atoms with Crippen molar-refractivity contribution < 1.29 is 24.8 Å². The molecular weight excluding hydrogens is 220 g/mol.